The Morgan fingerprint density at radius 3 is 1.31 bits per heavy atom. The summed E-state index contributed by atoms with van der Waals surface area (Å²) in [5.41, 5.74) is 1.44. The van der Waals surface area contributed by atoms with Crippen LogP contribution in [0.25, 0.3) is 0 Å². The van der Waals surface area contributed by atoms with E-state index < -0.39 is 11.6 Å². The van der Waals surface area contributed by atoms with Gasteiger partial charge >= 0.3 is 0 Å². The fourth-order valence-electron chi connectivity index (χ4n) is 2.60. The van der Waals surface area contributed by atoms with Crippen LogP contribution in [-0.2, 0) is 0 Å². The van der Waals surface area contributed by atoms with Crippen LogP contribution in [0.3, 0.4) is 0 Å². The maximum absolute atomic E-state index is 11.5. The average Bonchev–Trinajstić information content (AvgIpc) is 2.76. The molecule has 0 heterocycles. The van der Waals surface area contributed by atoms with Crippen molar-refractivity contribution >= 4 is 57.9 Å². The highest BCUT2D eigenvalue weighted by Gasteiger charge is 2.29. The molecule has 2 aliphatic carbocycles. The molecule has 0 fully saturated rings. The third-order valence-corrected chi connectivity index (χ3v) is 5.02. The molecule has 2 aromatic carbocycles. The summed E-state index contributed by atoms with van der Waals surface area (Å²) in [6, 6.07) is 13.1. The summed E-state index contributed by atoms with van der Waals surface area (Å²) in [5, 5.41) is -0.408. The van der Waals surface area contributed by atoms with Gasteiger partial charge in [0.1, 0.15) is 10.1 Å². The lowest BCUT2D eigenvalue weighted by Crippen LogP contribution is -2.17. The van der Waals surface area contributed by atoms with E-state index in [4.69, 9.17) is 34.8 Å². The van der Waals surface area contributed by atoms with E-state index in [1.54, 1.807) is 48.5 Å². The van der Waals surface area contributed by atoms with Crippen molar-refractivity contribution in [3.05, 3.63) is 92.0 Å². The van der Waals surface area contributed by atoms with Crippen molar-refractivity contribution in [2.45, 2.75) is 13.8 Å². The molecule has 4 rings (SSSR count). The van der Waals surface area contributed by atoms with Gasteiger partial charge in [-0.1, -0.05) is 97.2 Å². The van der Waals surface area contributed by atoms with E-state index in [0.717, 1.165) is 6.08 Å². The molecule has 148 valence electrons. The van der Waals surface area contributed by atoms with Gasteiger partial charge in [0.05, 0.1) is 5.03 Å². The number of carbonyl (C=O) groups is 4. The Hall–Kier alpha value is -2.53. The molecule has 7 heteroatoms. The minimum absolute atomic E-state index is 0.0105. The summed E-state index contributed by atoms with van der Waals surface area (Å²) in [4.78, 5) is 45.8. The zero-order valence-corrected chi connectivity index (χ0v) is 17.7. The van der Waals surface area contributed by atoms with Gasteiger partial charge in [0.25, 0.3) is 0 Å². The van der Waals surface area contributed by atoms with E-state index in [1.807, 2.05) is 13.8 Å². The Balaban J connectivity index is 0.000000191. The number of fused-ring (bicyclic) bond motifs is 2. The zero-order chi connectivity index (χ0) is 21.7. The maximum atomic E-state index is 11.5. The topological polar surface area (TPSA) is 68.3 Å². The van der Waals surface area contributed by atoms with Gasteiger partial charge in [-0.05, 0) is 0 Å². The second-order valence-electron chi connectivity index (χ2n) is 5.56. The smallest absolute Gasteiger partial charge is 0.206 e. The summed E-state index contributed by atoms with van der Waals surface area (Å²) in [6.07, 6.45) is 1.16. The van der Waals surface area contributed by atoms with Crippen LogP contribution in [0.4, 0.5) is 0 Å². The molecular formula is C22H15Cl3O4. The number of benzene rings is 2. The van der Waals surface area contributed by atoms with Crippen LogP contribution >= 0.6 is 34.8 Å². The summed E-state index contributed by atoms with van der Waals surface area (Å²) >= 11 is 16.8. The number of hydrogen-bond acceptors (Lipinski definition) is 4. The second kappa shape index (κ2) is 9.79. The third kappa shape index (κ3) is 4.56. The first kappa shape index (κ1) is 22.8. The Bertz CT molecular complexity index is 1040. The Morgan fingerprint density at radius 2 is 0.897 bits per heavy atom. The number of halogens is 3. The normalized spacial score (nSPS) is 14.7. The lowest BCUT2D eigenvalue weighted by atomic mass is 9.95. The quantitative estimate of drug-likeness (QED) is 0.497. The first-order chi connectivity index (χ1) is 13.8. The standard InChI is InChI=1S/C10H4Cl2O2.C10H5ClO2.C2H6/c11-7-8(12)10(14)6-4-2-1-3-5(6)9(7)13;11-8-5-9(12)6-3-1-2-4-7(6)10(8)13;1-2/h1-4H;1-5H;1-2H3. The molecule has 0 radical (unpaired) electrons. The highest BCUT2D eigenvalue weighted by molar-refractivity contribution is 6.59. The van der Waals surface area contributed by atoms with Gasteiger partial charge in [-0.25, -0.2) is 0 Å². The molecule has 0 atom stereocenters. The van der Waals surface area contributed by atoms with Crippen LogP contribution in [-0.4, -0.2) is 23.1 Å². The first-order valence-electron chi connectivity index (χ1n) is 8.62. The Labute approximate surface area is 182 Å². The molecule has 0 amide bonds. The van der Waals surface area contributed by atoms with Crippen molar-refractivity contribution < 1.29 is 19.2 Å². The van der Waals surface area contributed by atoms with Crippen molar-refractivity contribution in [2.75, 3.05) is 0 Å². The lowest BCUT2D eigenvalue weighted by molar-refractivity contribution is 0.0987. The fraction of sp³-hybridized carbons (Fsp3) is 0.0909. The molecule has 29 heavy (non-hydrogen) atoms. The number of ketones is 4. The number of Topliss-reactive ketones (excluding diaryl/α,β-unsaturated/α-hetero) is 3. The molecule has 2 aromatic rings. The Morgan fingerprint density at radius 1 is 0.552 bits per heavy atom. The molecule has 4 nitrogen and oxygen atoms in total. The zero-order valence-electron chi connectivity index (χ0n) is 15.5. The van der Waals surface area contributed by atoms with E-state index >= 15 is 0 Å². The average molecular weight is 450 g/mol. The third-order valence-electron chi connectivity index (χ3n) is 3.92. The van der Waals surface area contributed by atoms with Crippen molar-refractivity contribution in [3.63, 3.8) is 0 Å². The Kier molecular flexibility index (Phi) is 7.68. The molecule has 0 N–H and O–H groups in total. The first-order valence-corrected chi connectivity index (χ1v) is 9.75. The van der Waals surface area contributed by atoms with Crippen molar-refractivity contribution in [3.8, 4) is 0 Å². The highest BCUT2D eigenvalue weighted by atomic mass is 35.5. The SMILES string of the molecule is CC.O=C1C(Cl)=C(Cl)C(=O)c2ccccc21.O=C1C=C(Cl)C(=O)c2ccccc21. The molecule has 0 unspecified atom stereocenters. The van der Waals surface area contributed by atoms with Crippen LogP contribution in [0.15, 0.2) is 69.7 Å². The van der Waals surface area contributed by atoms with E-state index in [1.165, 1.54) is 0 Å². The van der Waals surface area contributed by atoms with Gasteiger partial charge in [-0.3, -0.25) is 19.2 Å². The van der Waals surface area contributed by atoms with Crippen LogP contribution in [0.2, 0.25) is 0 Å². The molecule has 2 aliphatic rings. The van der Waals surface area contributed by atoms with Crippen molar-refractivity contribution in [1.82, 2.24) is 0 Å². The van der Waals surface area contributed by atoms with E-state index in [2.05, 4.69) is 0 Å². The predicted octanol–water partition coefficient (Wildman–Crippen LogP) is 5.97. The van der Waals surface area contributed by atoms with E-state index in [9.17, 15) is 19.2 Å². The van der Waals surface area contributed by atoms with E-state index in [-0.39, 0.29) is 26.7 Å². The largest absolute Gasteiger partial charge is 0.289 e. The summed E-state index contributed by atoms with van der Waals surface area (Å²) in [6.45, 7) is 4.00. The van der Waals surface area contributed by atoms with Gasteiger partial charge in [0.2, 0.25) is 17.3 Å². The van der Waals surface area contributed by atoms with E-state index in [0.29, 0.717) is 22.3 Å². The molecule has 0 saturated carbocycles. The maximum Gasteiger partial charge on any atom is 0.206 e. The number of carbonyl (C=O) groups excluding carboxylic acids is 4. The number of rotatable bonds is 0. The van der Waals surface area contributed by atoms with Gasteiger partial charge in [-0.15, -0.1) is 0 Å². The van der Waals surface area contributed by atoms with Gasteiger partial charge in [0.15, 0.2) is 5.78 Å². The predicted molar refractivity (Wildman–Crippen MR) is 114 cm³/mol. The molecule has 0 spiro atoms. The molecule has 0 saturated heterocycles. The summed E-state index contributed by atoms with van der Waals surface area (Å²) in [5.74, 6) is -1.28. The number of hydrogen-bond donors (Lipinski definition) is 0. The lowest BCUT2D eigenvalue weighted by Gasteiger charge is -2.12. The minimum Gasteiger partial charge on any atom is -0.289 e. The van der Waals surface area contributed by atoms with Gasteiger partial charge in [0, 0.05) is 28.3 Å². The highest BCUT2D eigenvalue weighted by Crippen LogP contribution is 2.30. The number of allylic oxidation sites excluding steroid dienone is 4. The molecule has 0 aliphatic heterocycles. The monoisotopic (exact) mass is 448 g/mol. The molecule has 0 bridgehead atoms. The van der Waals surface area contributed by atoms with Gasteiger partial charge < -0.3 is 0 Å². The van der Waals surface area contributed by atoms with Crippen molar-refractivity contribution in [1.29, 1.82) is 0 Å². The van der Waals surface area contributed by atoms with Crippen LogP contribution in [0.5, 0.6) is 0 Å². The van der Waals surface area contributed by atoms with Crippen LogP contribution in [0.1, 0.15) is 55.3 Å². The van der Waals surface area contributed by atoms with Crippen LogP contribution < -0.4 is 0 Å². The van der Waals surface area contributed by atoms with Crippen molar-refractivity contribution in [2.24, 2.45) is 0 Å². The minimum atomic E-state index is -0.396. The van der Waals surface area contributed by atoms with Gasteiger partial charge in [-0.2, -0.15) is 0 Å². The fourth-order valence-corrected chi connectivity index (χ4v) is 3.17. The summed E-state index contributed by atoms with van der Waals surface area (Å²) in [7, 11) is 0. The van der Waals surface area contributed by atoms with Crippen LogP contribution in [0, 0.1) is 0 Å². The summed E-state index contributed by atoms with van der Waals surface area (Å²) < 4.78 is 0. The molecular weight excluding hydrogens is 435 g/mol. The second-order valence-corrected chi connectivity index (χ2v) is 6.73. The molecule has 0 aromatic heterocycles.